The molecular weight excluding hydrogens is 528 g/mol. The van der Waals surface area contributed by atoms with Crippen LogP contribution < -0.4 is 5.32 Å². The Morgan fingerprint density at radius 1 is 1.16 bits per heavy atom. The lowest BCUT2D eigenvalue weighted by Crippen LogP contribution is -2.71. The van der Waals surface area contributed by atoms with Gasteiger partial charge in [-0.25, -0.2) is 13.2 Å². The molecule has 2 aromatic rings. The first-order chi connectivity index (χ1) is 14.4. The van der Waals surface area contributed by atoms with Crippen molar-refractivity contribution in [1.29, 1.82) is 0 Å². The minimum atomic E-state index is -1.55. The van der Waals surface area contributed by atoms with E-state index in [0.29, 0.717) is 3.57 Å². The molecule has 1 fully saturated rings. The Labute approximate surface area is 190 Å². The minimum absolute atomic E-state index is 0.133. The monoisotopic (exact) mass is 548 g/mol. The van der Waals surface area contributed by atoms with Gasteiger partial charge in [-0.3, -0.25) is 9.59 Å². The summed E-state index contributed by atoms with van der Waals surface area (Å²) in [6.45, 7) is 2.55. The van der Waals surface area contributed by atoms with Crippen LogP contribution in [0.1, 0.15) is 24.2 Å². The number of amides is 1. The van der Waals surface area contributed by atoms with Crippen LogP contribution in [0.2, 0.25) is 0 Å². The summed E-state index contributed by atoms with van der Waals surface area (Å²) in [5.74, 6) is -4.61. The molecule has 0 saturated carbocycles. The fourth-order valence-corrected chi connectivity index (χ4v) is 3.77. The van der Waals surface area contributed by atoms with E-state index < -0.39 is 46.0 Å². The second-order valence-corrected chi connectivity index (χ2v) is 9.09. The molecule has 0 aromatic heterocycles. The molecule has 1 aliphatic heterocycles. The molecule has 10 heteroatoms. The molecule has 1 aliphatic rings. The Hall–Kier alpha value is -2.34. The largest absolute Gasteiger partial charge is 0.469 e. The number of halogens is 4. The summed E-state index contributed by atoms with van der Waals surface area (Å²) in [5.41, 5.74) is -3.74. The van der Waals surface area contributed by atoms with E-state index in [4.69, 9.17) is 4.74 Å². The molecule has 2 aromatic carbocycles. The standard InChI is InChI=1S/C21H20F3IN2O4/c1-20(2,19(29)31-3)21(30)9-27(10-21)18(28)12-5-6-13(22)16(24)17(12)26-15-7-4-11(25)8-14(15)23/h4-8,26,30H,9-10H2,1-3H3. The van der Waals surface area contributed by atoms with Gasteiger partial charge >= 0.3 is 5.97 Å². The lowest BCUT2D eigenvalue weighted by atomic mass is 9.70. The Bertz CT molecular complexity index is 1060. The molecule has 3 rings (SSSR count). The zero-order valence-corrected chi connectivity index (χ0v) is 19.1. The van der Waals surface area contributed by atoms with Crippen molar-refractivity contribution in [3.63, 3.8) is 0 Å². The van der Waals surface area contributed by atoms with Crippen LogP contribution in [0.3, 0.4) is 0 Å². The van der Waals surface area contributed by atoms with E-state index in [-0.39, 0.29) is 24.3 Å². The van der Waals surface area contributed by atoms with E-state index in [9.17, 15) is 27.9 Å². The second kappa shape index (κ2) is 8.30. The van der Waals surface area contributed by atoms with Gasteiger partial charge in [0.2, 0.25) is 0 Å². The van der Waals surface area contributed by atoms with Crippen LogP contribution in [0.15, 0.2) is 30.3 Å². The summed E-state index contributed by atoms with van der Waals surface area (Å²) in [4.78, 5) is 26.1. The topological polar surface area (TPSA) is 78.9 Å². The van der Waals surface area contributed by atoms with E-state index in [1.54, 1.807) is 6.07 Å². The van der Waals surface area contributed by atoms with Gasteiger partial charge in [0.05, 0.1) is 42.6 Å². The maximum Gasteiger partial charge on any atom is 0.314 e. The molecule has 0 unspecified atom stereocenters. The van der Waals surface area contributed by atoms with Gasteiger partial charge in [0.1, 0.15) is 11.4 Å². The van der Waals surface area contributed by atoms with Gasteiger partial charge in [0.25, 0.3) is 5.91 Å². The molecule has 0 spiro atoms. The van der Waals surface area contributed by atoms with Gasteiger partial charge in [0.15, 0.2) is 11.6 Å². The number of methoxy groups -OCH3 is 1. The fourth-order valence-electron chi connectivity index (χ4n) is 3.32. The lowest BCUT2D eigenvalue weighted by Gasteiger charge is -2.53. The maximum absolute atomic E-state index is 14.6. The number of hydrogen-bond donors (Lipinski definition) is 2. The lowest BCUT2D eigenvalue weighted by molar-refractivity contribution is -0.189. The van der Waals surface area contributed by atoms with Crippen molar-refractivity contribution >= 4 is 45.8 Å². The number of hydrogen-bond acceptors (Lipinski definition) is 5. The highest BCUT2D eigenvalue weighted by Gasteiger charge is 2.58. The molecule has 0 aliphatic carbocycles. The van der Waals surface area contributed by atoms with Crippen LogP contribution in [0.5, 0.6) is 0 Å². The second-order valence-electron chi connectivity index (χ2n) is 7.84. The minimum Gasteiger partial charge on any atom is -0.469 e. The van der Waals surface area contributed by atoms with Crippen LogP contribution in [0, 0.1) is 26.4 Å². The number of esters is 1. The quantitative estimate of drug-likeness (QED) is 0.439. The van der Waals surface area contributed by atoms with Gasteiger partial charge < -0.3 is 20.1 Å². The van der Waals surface area contributed by atoms with Crippen molar-refractivity contribution in [2.24, 2.45) is 5.41 Å². The van der Waals surface area contributed by atoms with Crippen molar-refractivity contribution in [2.45, 2.75) is 19.4 Å². The van der Waals surface area contributed by atoms with E-state index in [1.165, 1.54) is 38.0 Å². The molecule has 0 bridgehead atoms. The van der Waals surface area contributed by atoms with Crippen LogP contribution in [0.25, 0.3) is 0 Å². The number of likely N-dealkylation sites (tertiary alicyclic amines) is 1. The molecular formula is C21H20F3IN2O4. The van der Waals surface area contributed by atoms with Gasteiger partial charge in [0, 0.05) is 3.57 Å². The maximum atomic E-state index is 14.6. The molecule has 2 N–H and O–H groups in total. The van der Waals surface area contributed by atoms with Crippen LogP contribution >= 0.6 is 22.6 Å². The Morgan fingerprint density at radius 3 is 2.39 bits per heavy atom. The summed E-state index contributed by atoms with van der Waals surface area (Å²) in [6.07, 6.45) is 0. The van der Waals surface area contributed by atoms with Gasteiger partial charge in [-0.1, -0.05) is 0 Å². The third-order valence-corrected chi connectivity index (χ3v) is 6.24. The van der Waals surface area contributed by atoms with Crippen molar-refractivity contribution in [3.05, 3.63) is 56.9 Å². The summed E-state index contributed by atoms with van der Waals surface area (Å²) in [6, 6.07) is 5.98. The molecule has 1 amide bonds. The summed E-state index contributed by atoms with van der Waals surface area (Å²) in [5, 5.41) is 13.2. The molecule has 166 valence electrons. The third-order valence-electron chi connectivity index (χ3n) is 5.57. The number of aliphatic hydroxyl groups is 1. The number of carbonyl (C=O) groups is 2. The van der Waals surface area contributed by atoms with Crippen LogP contribution in [0.4, 0.5) is 24.5 Å². The highest BCUT2D eigenvalue weighted by molar-refractivity contribution is 14.1. The van der Waals surface area contributed by atoms with E-state index in [1.807, 2.05) is 22.6 Å². The SMILES string of the molecule is COC(=O)C(C)(C)C1(O)CN(C(=O)c2ccc(F)c(F)c2Nc2ccc(I)cc2F)C1. The summed E-state index contributed by atoms with van der Waals surface area (Å²) >= 11 is 1.90. The number of benzene rings is 2. The zero-order chi connectivity index (χ0) is 23.1. The molecule has 1 heterocycles. The molecule has 6 nitrogen and oxygen atoms in total. The smallest absolute Gasteiger partial charge is 0.314 e. The Balaban J connectivity index is 1.89. The normalized spacial score (nSPS) is 15.3. The van der Waals surface area contributed by atoms with Gasteiger partial charge in [-0.05, 0) is 66.8 Å². The predicted molar refractivity (Wildman–Crippen MR) is 115 cm³/mol. The summed E-state index contributed by atoms with van der Waals surface area (Å²) in [7, 11) is 1.19. The number of ether oxygens (including phenoxy) is 1. The zero-order valence-electron chi connectivity index (χ0n) is 16.9. The number of nitrogens with zero attached hydrogens (tertiary/aromatic N) is 1. The number of anilines is 2. The Kier molecular flexibility index (Phi) is 6.25. The molecule has 1 saturated heterocycles. The average molecular weight is 548 g/mol. The average Bonchev–Trinajstić information content (AvgIpc) is 2.69. The molecule has 0 atom stereocenters. The van der Waals surface area contributed by atoms with Crippen molar-refractivity contribution < 1.29 is 32.6 Å². The predicted octanol–water partition coefficient (Wildman–Crippen LogP) is 3.84. The van der Waals surface area contributed by atoms with E-state index >= 15 is 0 Å². The first-order valence-corrected chi connectivity index (χ1v) is 10.3. The van der Waals surface area contributed by atoms with Crippen LogP contribution in [-0.2, 0) is 9.53 Å². The number of rotatable bonds is 5. The fraction of sp³-hybridized carbons (Fsp3) is 0.333. The number of nitrogens with one attached hydrogen (secondary N) is 1. The van der Waals surface area contributed by atoms with E-state index in [0.717, 1.165) is 12.1 Å². The van der Waals surface area contributed by atoms with Gasteiger partial charge in [-0.2, -0.15) is 0 Å². The van der Waals surface area contributed by atoms with Crippen molar-refractivity contribution in [1.82, 2.24) is 4.90 Å². The number of β-amino-alcohol motifs (C(OH)–C–C–N with tert-alkyl or cyclic N) is 1. The highest BCUT2D eigenvalue weighted by Crippen LogP contribution is 2.41. The van der Waals surface area contributed by atoms with Crippen molar-refractivity contribution in [2.75, 3.05) is 25.5 Å². The van der Waals surface area contributed by atoms with Crippen LogP contribution in [-0.4, -0.2) is 47.7 Å². The first kappa shape index (κ1) is 23.3. The first-order valence-electron chi connectivity index (χ1n) is 9.21. The summed E-state index contributed by atoms with van der Waals surface area (Å²) < 4.78 is 48.0. The Morgan fingerprint density at radius 2 is 1.81 bits per heavy atom. The number of carbonyl (C=O) groups excluding carboxylic acids is 2. The van der Waals surface area contributed by atoms with Gasteiger partial charge in [-0.15, -0.1) is 0 Å². The molecule has 31 heavy (non-hydrogen) atoms. The molecule has 0 radical (unpaired) electrons. The third kappa shape index (κ3) is 4.10. The van der Waals surface area contributed by atoms with E-state index in [2.05, 4.69) is 5.32 Å². The highest BCUT2D eigenvalue weighted by atomic mass is 127. The van der Waals surface area contributed by atoms with Crippen molar-refractivity contribution in [3.8, 4) is 0 Å².